The summed E-state index contributed by atoms with van der Waals surface area (Å²) in [7, 11) is 3.16. The Labute approximate surface area is 171 Å². The molecule has 2 aromatic carbocycles. The summed E-state index contributed by atoms with van der Waals surface area (Å²) >= 11 is 5.91. The molecule has 0 radical (unpaired) electrons. The normalized spacial score (nSPS) is 12.4. The van der Waals surface area contributed by atoms with Crippen molar-refractivity contribution < 1.29 is 14.6 Å². The Bertz CT molecular complexity index is 744. The van der Waals surface area contributed by atoms with Gasteiger partial charge in [-0.3, -0.25) is 4.99 Å². The molecule has 0 saturated heterocycles. The molecule has 152 valence electrons. The number of hydrogen-bond donors (Lipinski definition) is 3. The molecule has 0 fully saturated rings. The second-order valence-electron chi connectivity index (χ2n) is 6.18. The number of aliphatic imine (C=N–C) groups is 1. The van der Waals surface area contributed by atoms with Crippen molar-refractivity contribution in [1.29, 1.82) is 0 Å². The Balaban J connectivity index is 1.96. The van der Waals surface area contributed by atoms with Crippen molar-refractivity contribution in [1.82, 2.24) is 10.6 Å². The lowest BCUT2D eigenvalue weighted by molar-refractivity contribution is 0.186. The second kappa shape index (κ2) is 11.4. The second-order valence-corrected chi connectivity index (χ2v) is 6.62. The molecule has 0 heterocycles. The molecule has 0 saturated carbocycles. The van der Waals surface area contributed by atoms with Crippen molar-refractivity contribution in [3.8, 4) is 11.5 Å². The van der Waals surface area contributed by atoms with E-state index in [-0.39, 0.29) is 6.54 Å². The molecule has 0 aromatic heterocycles. The number of ether oxygens (including phenoxy) is 2. The lowest BCUT2D eigenvalue weighted by atomic mass is 10.1. The van der Waals surface area contributed by atoms with Gasteiger partial charge in [-0.05, 0) is 48.7 Å². The van der Waals surface area contributed by atoms with Gasteiger partial charge in [-0.25, -0.2) is 0 Å². The molecule has 6 nitrogen and oxygen atoms in total. The number of benzene rings is 2. The van der Waals surface area contributed by atoms with E-state index >= 15 is 0 Å². The predicted octanol–water partition coefficient (Wildman–Crippen LogP) is 3.19. The molecule has 1 unspecified atom stereocenters. The summed E-state index contributed by atoms with van der Waals surface area (Å²) in [6.07, 6.45) is 0.0766. The van der Waals surface area contributed by atoms with E-state index in [1.54, 1.807) is 32.4 Å². The van der Waals surface area contributed by atoms with Crippen LogP contribution in [0.2, 0.25) is 5.02 Å². The molecule has 0 aliphatic carbocycles. The molecule has 7 heteroatoms. The van der Waals surface area contributed by atoms with Crippen LogP contribution in [0.15, 0.2) is 47.5 Å². The fraction of sp³-hybridized carbons (Fsp3) is 0.381. The number of guanidine groups is 1. The van der Waals surface area contributed by atoms with Crippen molar-refractivity contribution in [2.75, 3.05) is 33.9 Å². The molecule has 0 bridgehead atoms. The molecular weight excluding hydrogens is 378 g/mol. The Morgan fingerprint density at radius 3 is 2.29 bits per heavy atom. The minimum atomic E-state index is -0.768. The molecule has 0 amide bonds. The number of rotatable bonds is 9. The van der Waals surface area contributed by atoms with Crippen LogP contribution < -0.4 is 20.1 Å². The number of nitrogens with one attached hydrogen (secondary N) is 2. The number of hydrogen-bond acceptors (Lipinski definition) is 4. The quantitative estimate of drug-likeness (QED) is 0.441. The lowest BCUT2D eigenvalue weighted by Crippen LogP contribution is -2.38. The fourth-order valence-electron chi connectivity index (χ4n) is 2.62. The van der Waals surface area contributed by atoms with Crippen LogP contribution in [0, 0.1) is 0 Å². The van der Waals surface area contributed by atoms with Crippen LogP contribution in [0.4, 0.5) is 0 Å². The third-order valence-electron chi connectivity index (χ3n) is 4.14. The number of halogens is 1. The van der Waals surface area contributed by atoms with Crippen LogP contribution in [-0.4, -0.2) is 44.9 Å². The van der Waals surface area contributed by atoms with Gasteiger partial charge < -0.3 is 25.2 Å². The zero-order chi connectivity index (χ0) is 20.4. The first-order valence-electron chi connectivity index (χ1n) is 9.23. The maximum atomic E-state index is 10.5. The number of aliphatic hydroxyl groups is 1. The van der Waals surface area contributed by atoms with Gasteiger partial charge in [-0.1, -0.05) is 23.7 Å². The fourth-order valence-corrected chi connectivity index (χ4v) is 2.75. The molecular formula is C21H28ClN3O3. The summed E-state index contributed by atoms with van der Waals surface area (Å²) in [4.78, 5) is 4.49. The van der Waals surface area contributed by atoms with Crippen LogP contribution in [0.25, 0.3) is 0 Å². The average molecular weight is 406 g/mol. The highest BCUT2D eigenvalue weighted by Gasteiger charge is 2.11. The van der Waals surface area contributed by atoms with Gasteiger partial charge >= 0.3 is 0 Å². The number of methoxy groups -OCH3 is 2. The van der Waals surface area contributed by atoms with Crippen molar-refractivity contribution in [3.63, 3.8) is 0 Å². The molecule has 2 rings (SSSR count). The molecule has 1 atom stereocenters. The third kappa shape index (κ3) is 6.94. The molecule has 3 N–H and O–H groups in total. The van der Waals surface area contributed by atoms with Gasteiger partial charge in [0.1, 0.15) is 11.5 Å². The zero-order valence-corrected chi connectivity index (χ0v) is 17.3. The molecule has 28 heavy (non-hydrogen) atoms. The van der Waals surface area contributed by atoms with Crippen LogP contribution in [-0.2, 0) is 6.42 Å². The molecule has 0 spiro atoms. The van der Waals surface area contributed by atoms with Crippen molar-refractivity contribution in [3.05, 3.63) is 58.6 Å². The van der Waals surface area contributed by atoms with Gasteiger partial charge in [-0.2, -0.15) is 0 Å². The van der Waals surface area contributed by atoms with Crippen LogP contribution in [0.5, 0.6) is 11.5 Å². The maximum absolute atomic E-state index is 10.5. The minimum Gasteiger partial charge on any atom is -0.497 e. The van der Waals surface area contributed by atoms with E-state index in [0.29, 0.717) is 23.0 Å². The Kier molecular flexibility index (Phi) is 8.91. The highest BCUT2D eigenvalue weighted by molar-refractivity contribution is 6.30. The molecule has 0 aliphatic heterocycles. The third-order valence-corrected chi connectivity index (χ3v) is 4.40. The van der Waals surface area contributed by atoms with Gasteiger partial charge in [0.25, 0.3) is 0 Å². The maximum Gasteiger partial charge on any atom is 0.191 e. The largest absolute Gasteiger partial charge is 0.497 e. The van der Waals surface area contributed by atoms with E-state index in [1.165, 1.54) is 5.56 Å². The van der Waals surface area contributed by atoms with Crippen LogP contribution >= 0.6 is 11.6 Å². The average Bonchev–Trinajstić information content (AvgIpc) is 2.72. The Hall–Kier alpha value is -2.44. The van der Waals surface area contributed by atoms with E-state index in [4.69, 9.17) is 21.1 Å². The standard InChI is InChI=1S/C21H28ClN3O3/c1-4-23-21(24-10-9-15-5-7-17(22)8-6-15)25-14-20(26)16-11-18(27-2)13-19(12-16)28-3/h5-8,11-13,20,26H,4,9-10,14H2,1-3H3,(H2,23,24,25). The topological polar surface area (TPSA) is 75.1 Å². The minimum absolute atomic E-state index is 0.215. The number of aliphatic hydroxyl groups excluding tert-OH is 1. The predicted molar refractivity (Wildman–Crippen MR) is 114 cm³/mol. The monoisotopic (exact) mass is 405 g/mol. The van der Waals surface area contributed by atoms with Gasteiger partial charge in [0.2, 0.25) is 0 Å². The smallest absolute Gasteiger partial charge is 0.191 e. The summed E-state index contributed by atoms with van der Waals surface area (Å²) in [5.41, 5.74) is 1.88. The van der Waals surface area contributed by atoms with E-state index in [2.05, 4.69) is 15.6 Å². The first-order valence-corrected chi connectivity index (χ1v) is 9.61. The SMILES string of the molecule is CCNC(=NCC(O)c1cc(OC)cc(OC)c1)NCCc1ccc(Cl)cc1. The van der Waals surface area contributed by atoms with Crippen LogP contribution in [0.3, 0.4) is 0 Å². The lowest BCUT2D eigenvalue weighted by Gasteiger charge is -2.15. The Morgan fingerprint density at radius 2 is 1.71 bits per heavy atom. The van der Waals surface area contributed by atoms with Gasteiger partial charge in [0.15, 0.2) is 5.96 Å². The van der Waals surface area contributed by atoms with Crippen molar-refractivity contribution in [2.24, 2.45) is 4.99 Å². The van der Waals surface area contributed by atoms with E-state index < -0.39 is 6.10 Å². The van der Waals surface area contributed by atoms with Gasteiger partial charge in [0.05, 0.1) is 26.9 Å². The zero-order valence-electron chi connectivity index (χ0n) is 16.5. The summed E-state index contributed by atoms with van der Waals surface area (Å²) < 4.78 is 10.5. The summed E-state index contributed by atoms with van der Waals surface area (Å²) in [6, 6.07) is 13.1. The van der Waals surface area contributed by atoms with Gasteiger partial charge in [-0.15, -0.1) is 0 Å². The van der Waals surface area contributed by atoms with E-state index in [9.17, 15) is 5.11 Å². The van der Waals surface area contributed by atoms with Crippen molar-refractivity contribution in [2.45, 2.75) is 19.4 Å². The summed E-state index contributed by atoms with van der Waals surface area (Å²) in [5, 5.41) is 17.7. The van der Waals surface area contributed by atoms with Crippen LogP contribution in [0.1, 0.15) is 24.2 Å². The molecule has 2 aromatic rings. The van der Waals surface area contributed by atoms with Crippen molar-refractivity contribution >= 4 is 17.6 Å². The Morgan fingerprint density at radius 1 is 1.07 bits per heavy atom. The first-order chi connectivity index (χ1) is 13.5. The molecule has 0 aliphatic rings. The van der Waals surface area contributed by atoms with Gasteiger partial charge in [0, 0.05) is 24.2 Å². The summed E-state index contributed by atoms with van der Waals surface area (Å²) in [5.74, 6) is 1.92. The number of nitrogens with zero attached hydrogens (tertiary/aromatic N) is 1. The van der Waals surface area contributed by atoms with E-state index in [1.807, 2.05) is 31.2 Å². The highest BCUT2D eigenvalue weighted by atomic mass is 35.5. The first kappa shape index (κ1) is 21.9. The summed E-state index contributed by atoms with van der Waals surface area (Å²) in [6.45, 7) is 3.67. The van der Waals surface area contributed by atoms with E-state index in [0.717, 1.165) is 24.5 Å². The highest BCUT2D eigenvalue weighted by Crippen LogP contribution is 2.26.